The summed E-state index contributed by atoms with van der Waals surface area (Å²) in [5.74, 6) is -0.737. The van der Waals surface area contributed by atoms with Crippen LogP contribution in [0.5, 0.6) is 0 Å². The van der Waals surface area contributed by atoms with E-state index in [4.69, 9.17) is 14.2 Å². The summed E-state index contributed by atoms with van der Waals surface area (Å²) in [5.41, 5.74) is -0.477. The molecule has 1 amide bonds. The third kappa shape index (κ3) is 16.1. The number of unbranched alkanes of at least 4 members (excludes halogenated alkanes) is 4. The van der Waals surface area contributed by atoms with Crippen molar-refractivity contribution in [2.75, 3.05) is 19.8 Å². The van der Waals surface area contributed by atoms with Crippen molar-refractivity contribution in [1.82, 2.24) is 5.32 Å². The summed E-state index contributed by atoms with van der Waals surface area (Å²) in [4.78, 5) is 34.5. The first-order valence-electron chi connectivity index (χ1n) is 9.94. The first-order chi connectivity index (χ1) is 12.7. The molecule has 158 valence electrons. The molecule has 0 rings (SSSR count). The molecular formula is C20H37NO6. The Morgan fingerprint density at radius 3 is 2.22 bits per heavy atom. The number of hydrogen-bond acceptors (Lipinski definition) is 6. The highest BCUT2D eigenvalue weighted by Crippen LogP contribution is 2.09. The summed E-state index contributed by atoms with van der Waals surface area (Å²) in [5, 5.41) is 2.73. The number of hydrogen-bond donors (Lipinski definition) is 1. The normalized spacial score (nSPS) is 12.2. The van der Waals surface area contributed by atoms with Crippen LogP contribution in [-0.4, -0.2) is 43.4 Å². The van der Waals surface area contributed by atoms with Crippen molar-refractivity contribution in [2.24, 2.45) is 5.92 Å². The van der Waals surface area contributed by atoms with Gasteiger partial charge in [-0.15, -0.1) is 0 Å². The quantitative estimate of drug-likeness (QED) is 0.292. The van der Waals surface area contributed by atoms with Gasteiger partial charge in [0.15, 0.2) is 0 Å². The Bertz CT molecular complexity index is 444. The van der Waals surface area contributed by atoms with Crippen LogP contribution in [0.25, 0.3) is 0 Å². The fraction of sp³-hybridized carbons (Fsp3) is 0.850. The highest BCUT2D eigenvalue weighted by molar-refractivity contribution is 5.72. The molecule has 0 heterocycles. The van der Waals surface area contributed by atoms with Crippen LogP contribution in [0.4, 0.5) is 4.79 Å². The molecule has 0 unspecified atom stereocenters. The van der Waals surface area contributed by atoms with Crippen molar-refractivity contribution in [2.45, 2.75) is 85.2 Å². The molecule has 0 spiro atoms. The van der Waals surface area contributed by atoms with Gasteiger partial charge in [-0.25, -0.2) is 4.79 Å². The highest BCUT2D eigenvalue weighted by atomic mass is 16.6. The monoisotopic (exact) mass is 387 g/mol. The van der Waals surface area contributed by atoms with Crippen LogP contribution >= 0.6 is 0 Å². The Hall–Kier alpha value is -1.79. The average molecular weight is 388 g/mol. The van der Waals surface area contributed by atoms with Crippen LogP contribution in [0.3, 0.4) is 0 Å². The molecule has 0 bridgehead atoms. The number of esters is 2. The molecule has 7 heteroatoms. The zero-order chi connectivity index (χ0) is 20.7. The Morgan fingerprint density at radius 1 is 0.963 bits per heavy atom. The minimum absolute atomic E-state index is 0.224. The van der Waals surface area contributed by atoms with Gasteiger partial charge in [0.2, 0.25) is 0 Å². The summed E-state index contributed by atoms with van der Waals surface area (Å²) in [6.45, 7) is 10.2. The van der Waals surface area contributed by atoms with Crippen LogP contribution in [0.15, 0.2) is 0 Å². The van der Waals surface area contributed by atoms with Crippen LogP contribution < -0.4 is 5.32 Å². The molecule has 0 aromatic rings. The molecule has 0 aromatic carbocycles. The Morgan fingerprint density at radius 2 is 1.59 bits per heavy atom. The number of ether oxygens (including phenoxy) is 3. The fourth-order valence-electron chi connectivity index (χ4n) is 2.25. The van der Waals surface area contributed by atoms with E-state index < -0.39 is 5.60 Å². The molecule has 0 radical (unpaired) electrons. The van der Waals surface area contributed by atoms with E-state index in [0.29, 0.717) is 26.0 Å². The molecule has 0 saturated heterocycles. The molecule has 7 nitrogen and oxygen atoms in total. The average Bonchev–Trinajstić information content (AvgIpc) is 2.55. The van der Waals surface area contributed by atoms with E-state index in [1.54, 1.807) is 13.8 Å². The first kappa shape index (κ1) is 25.2. The van der Waals surface area contributed by atoms with Gasteiger partial charge in [-0.3, -0.25) is 9.59 Å². The van der Waals surface area contributed by atoms with Gasteiger partial charge in [0.05, 0.1) is 19.1 Å². The second kappa shape index (κ2) is 14.3. The summed E-state index contributed by atoms with van der Waals surface area (Å²) >= 11 is 0. The summed E-state index contributed by atoms with van der Waals surface area (Å²) in [6.07, 6.45) is 5.09. The SMILES string of the molecule is CCOC(=O)[C@@H](C)CCOC(=O)CCCCCCCNC(=O)OC(C)(C)C. The third-order valence-electron chi connectivity index (χ3n) is 3.73. The lowest BCUT2D eigenvalue weighted by atomic mass is 10.1. The van der Waals surface area contributed by atoms with Gasteiger partial charge in [0, 0.05) is 13.0 Å². The lowest BCUT2D eigenvalue weighted by Crippen LogP contribution is -2.32. The van der Waals surface area contributed by atoms with Gasteiger partial charge in [-0.2, -0.15) is 0 Å². The maximum atomic E-state index is 11.6. The Kier molecular flexibility index (Phi) is 13.3. The molecule has 0 fully saturated rings. The number of nitrogens with one attached hydrogen (secondary N) is 1. The van der Waals surface area contributed by atoms with E-state index in [-0.39, 0.29) is 30.6 Å². The maximum absolute atomic E-state index is 11.6. The highest BCUT2D eigenvalue weighted by Gasteiger charge is 2.15. The summed E-state index contributed by atoms with van der Waals surface area (Å²) < 4.78 is 15.2. The standard InChI is InChI=1S/C20H37NO6/c1-6-25-18(23)16(2)13-15-26-17(22)12-10-8-7-9-11-14-21-19(24)27-20(3,4)5/h16H,6-15H2,1-5H3,(H,21,24)/t16-/m0/s1. The van der Waals surface area contributed by atoms with E-state index in [2.05, 4.69) is 5.32 Å². The predicted octanol–water partition coefficient (Wildman–Crippen LogP) is 3.98. The molecule has 1 N–H and O–H groups in total. The van der Waals surface area contributed by atoms with Crippen molar-refractivity contribution in [1.29, 1.82) is 0 Å². The zero-order valence-corrected chi connectivity index (χ0v) is 17.6. The molecule has 27 heavy (non-hydrogen) atoms. The van der Waals surface area contributed by atoms with Gasteiger partial charge in [0.1, 0.15) is 5.60 Å². The van der Waals surface area contributed by atoms with Crippen LogP contribution in [-0.2, 0) is 23.8 Å². The lowest BCUT2D eigenvalue weighted by molar-refractivity contribution is -0.150. The third-order valence-corrected chi connectivity index (χ3v) is 3.73. The van der Waals surface area contributed by atoms with E-state index in [9.17, 15) is 14.4 Å². The molecule has 0 aliphatic heterocycles. The topological polar surface area (TPSA) is 90.9 Å². The van der Waals surface area contributed by atoms with Gasteiger partial charge >= 0.3 is 18.0 Å². The van der Waals surface area contributed by atoms with Crippen molar-refractivity contribution in [3.63, 3.8) is 0 Å². The van der Waals surface area contributed by atoms with Crippen molar-refractivity contribution >= 4 is 18.0 Å². The van der Waals surface area contributed by atoms with Gasteiger partial charge < -0.3 is 19.5 Å². The van der Waals surface area contributed by atoms with Crippen LogP contribution in [0, 0.1) is 5.92 Å². The molecular weight excluding hydrogens is 350 g/mol. The van der Waals surface area contributed by atoms with Crippen LogP contribution in [0.2, 0.25) is 0 Å². The number of amides is 1. The number of carbonyl (C=O) groups is 3. The Labute approximate surface area is 163 Å². The number of carbonyl (C=O) groups excluding carboxylic acids is 3. The summed E-state index contributed by atoms with van der Waals surface area (Å²) in [6, 6.07) is 0. The molecule has 0 saturated carbocycles. The fourth-order valence-corrected chi connectivity index (χ4v) is 2.25. The van der Waals surface area contributed by atoms with Crippen LogP contribution in [0.1, 0.15) is 79.6 Å². The largest absolute Gasteiger partial charge is 0.466 e. The van der Waals surface area contributed by atoms with Crippen molar-refractivity contribution in [3.05, 3.63) is 0 Å². The van der Waals surface area contributed by atoms with Gasteiger partial charge in [-0.1, -0.05) is 26.2 Å². The Balaban J connectivity index is 3.51. The lowest BCUT2D eigenvalue weighted by Gasteiger charge is -2.19. The van der Waals surface area contributed by atoms with E-state index in [1.165, 1.54) is 0 Å². The minimum Gasteiger partial charge on any atom is -0.466 e. The zero-order valence-electron chi connectivity index (χ0n) is 17.6. The number of rotatable bonds is 13. The van der Waals surface area contributed by atoms with Gasteiger partial charge in [0.25, 0.3) is 0 Å². The number of alkyl carbamates (subject to hydrolysis) is 1. The smallest absolute Gasteiger partial charge is 0.407 e. The molecule has 0 aromatic heterocycles. The molecule has 1 atom stereocenters. The second-order valence-corrected chi connectivity index (χ2v) is 7.61. The molecule has 0 aliphatic rings. The van der Waals surface area contributed by atoms with E-state index in [1.807, 2.05) is 20.8 Å². The van der Waals surface area contributed by atoms with Crippen molar-refractivity contribution < 1.29 is 28.6 Å². The van der Waals surface area contributed by atoms with E-state index >= 15 is 0 Å². The predicted molar refractivity (Wildman–Crippen MR) is 103 cm³/mol. The first-order valence-corrected chi connectivity index (χ1v) is 9.94. The summed E-state index contributed by atoms with van der Waals surface area (Å²) in [7, 11) is 0. The van der Waals surface area contributed by atoms with Gasteiger partial charge in [-0.05, 0) is 47.0 Å². The maximum Gasteiger partial charge on any atom is 0.407 e. The second-order valence-electron chi connectivity index (χ2n) is 7.61. The van der Waals surface area contributed by atoms with Crippen molar-refractivity contribution in [3.8, 4) is 0 Å². The molecule has 0 aliphatic carbocycles. The minimum atomic E-state index is -0.477. The van der Waals surface area contributed by atoms with E-state index in [0.717, 1.165) is 32.1 Å².